The third-order valence-corrected chi connectivity index (χ3v) is 5.04. The molecular weight excluding hydrogens is 374 g/mol. The lowest BCUT2D eigenvalue weighted by Crippen LogP contribution is -2.12. The average Bonchev–Trinajstić information content (AvgIpc) is 3.17. The topological polar surface area (TPSA) is 73.9 Å². The third kappa shape index (κ3) is 4.03. The zero-order chi connectivity index (χ0) is 21.3. The number of benzene rings is 2. The molecular formula is C24H25N5O. The molecule has 0 spiro atoms. The number of nitrogens with zero attached hydrogens (tertiary/aromatic N) is 3. The summed E-state index contributed by atoms with van der Waals surface area (Å²) in [5.74, 6) is 0.953. The fourth-order valence-electron chi connectivity index (χ4n) is 3.23. The average molecular weight is 399 g/mol. The molecule has 2 aromatic carbocycles. The first-order valence-corrected chi connectivity index (χ1v) is 9.95. The molecule has 0 saturated heterocycles. The summed E-state index contributed by atoms with van der Waals surface area (Å²) in [5, 5.41) is 2.90. The van der Waals surface area contributed by atoms with Crippen LogP contribution >= 0.6 is 0 Å². The monoisotopic (exact) mass is 399 g/mol. The number of anilines is 2. The first kappa shape index (κ1) is 19.6. The maximum Gasteiger partial charge on any atom is 0.255 e. The zero-order valence-corrected chi connectivity index (χ0v) is 17.6. The Bertz CT molecular complexity index is 1170. The Kier molecular flexibility index (Phi) is 5.23. The van der Waals surface area contributed by atoms with Crippen LogP contribution in [0.5, 0.6) is 0 Å². The van der Waals surface area contributed by atoms with Crippen molar-refractivity contribution in [1.82, 2.24) is 15.0 Å². The molecule has 152 valence electrons. The number of amides is 1. The Balaban J connectivity index is 1.55. The molecule has 6 heteroatoms. The number of H-pyrrole nitrogens is 1. The van der Waals surface area contributed by atoms with Gasteiger partial charge in [-0.2, -0.15) is 0 Å². The van der Waals surface area contributed by atoms with Crippen molar-refractivity contribution < 1.29 is 4.79 Å². The van der Waals surface area contributed by atoms with Gasteiger partial charge in [-0.05, 0) is 60.5 Å². The molecule has 0 fully saturated rings. The van der Waals surface area contributed by atoms with Gasteiger partial charge < -0.3 is 15.2 Å². The number of fused-ring (bicyclic) bond motifs is 1. The third-order valence-electron chi connectivity index (χ3n) is 5.04. The first-order valence-electron chi connectivity index (χ1n) is 9.95. The van der Waals surface area contributed by atoms with Gasteiger partial charge in [0.15, 0.2) is 0 Å². The summed E-state index contributed by atoms with van der Waals surface area (Å²) < 4.78 is 0. The second-order valence-corrected chi connectivity index (χ2v) is 7.84. The second-order valence-electron chi connectivity index (χ2n) is 7.84. The molecule has 6 nitrogen and oxygen atoms in total. The van der Waals surface area contributed by atoms with E-state index in [1.165, 1.54) is 0 Å². The maximum atomic E-state index is 12.7. The largest absolute Gasteiger partial charge is 0.378 e. The Morgan fingerprint density at radius 3 is 2.43 bits per heavy atom. The maximum absolute atomic E-state index is 12.7. The van der Waals surface area contributed by atoms with Crippen LogP contribution in [0.2, 0.25) is 0 Å². The minimum atomic E-state index is -0.178. The fourth-order valence-corrected chi connectivity index (χ4v) is 3.23. The van der Waals surface area contributed by atoms with Crippen molar-refractivity contribution in [2.75, 3.05) is 24.3 Å². The van der Waals surface area contributed by atoms with E-state index in [9.17, 15) is 4.79 Å². The highest BCUT2D eigenvalue weighted by Gasteiger charge is 2.11. The van der Waals surface area contributed by atoms with Gasteiger partial charge in [0.05, 0.1) is 22.9 Å². The Labute approximate surface area is 176 Å². The van der Waals surface area contributed by atoms with Crippen LogP contribution in [0.4, 0.5) is 11.4 Å². The summed E-state index contributed by atoms with van der Waals surface area (Å²) in [6.45, 7) is 4.18. The lowest BCUT2D eigenvalue weighted by atomic mass is 10.1. The van der Waals surface area contributed by atoms with Gasteiger partial charge in [0.25, 0.3) is 5.91 Å². The standard InChI is InChI=1S/C24H25N5O/c1-15(2)20-12-8-18(14-25-20)26-24(30)17-7-11-21-22(13-17)28-23(27-21)16-5-9-19(10-6-16)29(3)4/h5-15H,1-4H3,(H,26,30)(H,27,28). The van der Waals surface area contributed by atoms with E-state index in [4.69, 9.17) is 0 Å². The van der Waals surface area contributed by atoms with Crippen LogP contribution in [0.1, 0.15) is 35.8 Å². The SMILES string of the molecule is CC(C)c1ccc(NC(=O)c2ccc3nc(-c4ccc(N(C)C)cc4)[nH]c3c2)cn1. The van der Waals surface area contributed by atoms with E-state index < -0.39 is 0 Å². The quantitative estimate of drug-likeness (QED) is 0.492. The lowest BCUT2D eigenvalue weighted by molar-refractivity contribution is 0.102. The van der Waals surface area contributed by atoms with E-state index in [0.29, 0.717) is 17.2 Å². The number of imidazole rings is 1. The summed E-state index contributed by atoms with van der Waals surface area (Å²) in [6, 6.07) is 17.5. The van der Waals surface area contributed by atoms with Crippen LogP contribution in [0.25, 0.3) is 22.4 Å². The molecule has 0 aliphatic carbocycles. The normalized spacial score (nSPS) is 11.1. The summed E-state index contributed by atoms with van der Waals surface area (Å²) >= 11 is 0. The van der Waals surface area contributed by atoms with Crippen molar-refractivity contribution in [3.63, 3.8) is 0 Å². The Morgan fingerprint density at radius 1 is 1.03 bits per heavy atom. The molecule has 0 aliphatic rings. The van der Waals surface area contributed by atoms with Crippen LogP contribution in [-0.2, 0) is 0 Å². The highest BCUT2D eigenvalue weighted by molar-refractivity contribution is 6.06. The number of hydrogen-bond donors (Lipinski definition) is 2. The molecule has 0 radical (unpaired) electrons. The van der Waals surface area contributed by atoms with Gasteiger partial charge in [0, 0.05) is 36.6 Å². The summed E-state index contributed by atoms with van der Waals surface area (Å²) in [6.07, 6.45) is 1.69. The van der Waals surface area contributed by atoms with Crippen molar-refractivity contribution >= 4 is 28.3 Å². The highest BCUT2D eigenvalue weighted by atomic mass is 16.1. The smallest absolute Gasteiger partial charge is 0.255 e. The molecule has 0 atom stereocenters. The summed E-state index contributed by atoms with van der Waals surface area (Å²) in [4.78, 5) is 27.1. The number of aromatic nitrogens is 3. The van der Waals surface area contributed by atoms with Gasteiger partial charge in [0.2, 0.25) is 0 Å². The van der Waals surface area contributed by atoms with E-state index in [-0.39, 0.29) is 5.91 Å². The van der Waals surface area contributed by atoms with E-state index in [2.05, 4.69) is 51.1 Å². The molecule has 2 aromatic heterocycles. The predicted octanol–water partition coefficient (Wildman–Crippen LogP) is 5.07. The van der Waals surface area contributed by atoms with Gasteiger partial charge in [-0.15, -0.1) is 0 Å². The molecule has 0 bridgehead atoms. The van der Waals surface area contributed by atoms with Crippen LogP contribution in [0.3, 0.4) is 0 Å². The first-order chi connectivity index (χ1) is 14.4. The highest BCUT2D eigenvalue weighted by Crippen LogP contribution is 2.24. The predicted molar refractivity (Wildman–Crippen MR) is 122 cm³/mol. The van der Waals surface area contributed by atoms with Crippen molar-refractivity contribution in [2.24, 2.45) is 0 Å². The van der Waals surface area contributed by atoms with E-state index in [1.54, 1.807) is 12.3 Å². The van der Waals surface area contributed by atoms with Gasteiger partial charge in [-0.1, -0.05) is 13.8 Å². The van der Waals surface area contributed by atoms with Crippen molar-refractivity contribution in [1.29, 1.82) is 0 Å². The second kappa shape index (κ2) is 7.99. The Hall–Kier alpha value is -3.67. The van der Waals surface area contributed by atoms with Crippen LogP contribution < -0.4 is 10.2 Å². The van der Waals surface area contributed by atoms with E-state index in [1.807, 2.05) is 50.5 Å². The number of pyridine rings is 1. The Morgan fingerprint density at radius 2 is 1.80 bits per heavy atom. The van der Waals surface area contributed by atoms with Gasteiger partial charge in [-0.25, -0.2) is 4.98 Å². The van der Waals surface area contributed by atoms with Gasteiger partial charge in [-0.3, -0.25) is 9.78 Å². The number of carbonyl (C=O) groups is 1. The summed E-state index contributed by atoms with van der Waals surface area (Å²) in [5.41, 5.74) is 6.01. The number of hydrogen-bond acceptors (Lipinski definition) is 4. The molecule has 0 aliphatic heterocycles. The van der Waals surface area contributed by atoms with Crippen LogP contribution in [0.15, 0.2) is 60.8 Å². The molecule has 0 saturated carbocycles. The molecule has 1 amide bonds. The van der Waals surface area contributed by atoms with Crippen molar-refractivity contribution in [3.8, 4) is 11.4 Å². The number of nitrogens with one attached hydrogen (secondary N) is 2. The van der Waals surface area contributed by atoms with Crippen LogP contribution in [0, 0.1) is 0 Å². The molecule has 0 unspecified atom stereocenters. The van der Waals surface area contributed by atoms with Gasteiger partial charge >= 0.3 is 0 Å². The van der Waals surface area contributed by atoms with Gasteiger partial charge in [0.1, 0.15) is 5.82 Å². The van der Waals surface area contributed by atoms with Crippen molar-refractivity contribution in [3.05, 3.63) is 72.1 Å². The minimum Gasteiger partial charge on any atom is -0.378 e. The number of aromatic amines is 1. The fraction of sp³-hybridized carbons (Fsp3) is 0.208. The molecule has 30 heavy (non-hydrogen) atoms. The molecule has 2 heterocycles. The van der Waals surface area contributed by atoms with Crippen molar-refractivity contribution in [2.45, 2.75) is 19.8 Å². The molecule has 4 rings (SSSR count). The van der Waals surface area contributed by atoms with Crippen LogP contribution in [-0.4, -0.2) is 35.0 Å². The zero-order valence-electron chi connectivity index (χ0n) is 17.6. The number of carbonyl (C=O) groups excluding carboxylic acids is 1. The van der Waals surface area contributed by atoms with E-state index in [0.717, 1.165) is 33.8 Å². The lowest BCUT2D eigenvalue weighted by Gasteiger charge is -2.11. The van der Waals surface area contributed by atoms with E-state index >= 15 is 0 Å². The molecule has 4 aromatic rings. The molecule has 2 N–H and O–H groups in total. The summed E-state index contributed by atoms with van der Waals surface area (Å²) in [7, 11) is 4.02. The minimum absolute atomic E-state index is 0.178. The number of rotatable bonds is 5.